The summed E-state index contributed by atoms with van der Waals surface area (Å²) in [6, 6.07) is 67.7. The minimum atomic E-state index is 1.02. The molecule has 2 heterocycles. The van der Waals surface area contributed by atoms with E-state index < -0.39 is 0 Å². The van der Waals surface area contributed by atoms with Crippen molar-refractivity contribution in [2.45, 2.75) is 46.0 Å². The first-order valence-electron chi connectivity index (χ1n) is 21.3. The zero-order chi connectivity index (χ0) is 39.5. The van der Waals surface area contributed by atoms with E-state index in [-0.39, 0.29) is 0 Å². The zero-order valence-corrected chi connectivity index (χ0v) is 33.8. The number of benzene rings is 8. The van der Waals surface area contributed by atoms with Crippen LogP contribution in [0.2, 0.25) is 0 Å². The fraction of sp³-hybridized carbons (Fsp3) is 0.123. The molecule has 0 bridgehead atoms. The maximum atomic E-state index is 2.54. The summed E-state index contributed by atoms with van der Waals surface area (Å²) in [5, 5.41) is 3.95. The van der Waals surface area contributed by atoms with E-state index in [1.165, 1.54) is 124 Å². The van der Waals surface area contributed by atoms with E-state index in [0.717, 1.165) is 19.3 Å². The second-order valence-electron chi connectivity index (χ2n) is 16.3. The van der Waals surface area contributed by atoms with Crippen LogP contribution in [0.25, 0.3) is 88.6 Å². The zero-order valence-electron chi connectivity index (χ0n) is 33.8. The van der Waals surface area contributed by atoms with E-state index in [9.17, 15) is 0 Å². The van der Waals surface area contributed by atoms with E-state index >= 15 is 0 Å². The Morgan fingerprint density at radius 3 is 1.69 bits per heavy atom. The van der Waals surface area contributed by atoms with Crippen molar-refractivity contribution >= 4 is 32.7 Å². The highest BCUT2D eigenvalue weighted by atomic mass is 15.0. The molecule has 10 aromatic rings. The van der Waals surface area contributed by atoms with Crippen LogP contribution in [0.4, 0.5) is 0 Å². The monoisotopic (exact) mass is 758 g/mol. The van der Waals surface area contributed by atoms with Crippen LogP contribution in [0.15, 0.2) is 182 Å². The summed E-state index contributed by atoms with van der Waals surface area (Å²) in [5.41, 5.74) is 22.0. The molecule has 0 radical (unpaired) electrons. The Morgan fingerprint density at radius 2 is 0.966 bits per heavy atom. The summed E-state index contributed by atoms with van der Waals surface area (Å²) in [4.78, 5) is 0. The quantitative estimate of drug-likeness (QED) is 0.153. The molecule has 0 amide bonds. The molecule has 0 aliphatic heterocycles. The highest BCUT2D eigenvalue weighted by Gasteiger charge is 2.22. The number of nitrogens with zero attached hydrogens (tertiary/aromatic N) is 2. The molecule has 0 saturated heterocycles. The largest absolute Gasteiger partial charge is 0.313 e. The van der Waals surface area contributed by atoms with E-state index in [4.69, 9.17) is 0 Å². The van der Waals surface area contributed by atoms with Crippen LogP contribution >= 0.6 is 0 Å². The van der Waals surface area contributed by atoms with Crippen LogP contribution in [-0.2, 0) is 19.3 Å². The molecule has 59 heavy (non-hydrogen) atoms. The highest BCUT2D eigenvalue weighted by molar-refractivity contribution is 6.10. The second-order valence-corrected chi connectivity index (χ2v) is 16.3. The Labute approximate surface area is 346 Å². The van der Waals surface area contributed by atoms with Crippen molar-refractivity contribution in [3.05, 3.63) is 204 Å². The number of hydrogen-bond acceptors (Lipinski definition) is 0. The third-order valence-electron chi connectivity index (χ3n) is 12.9. The molecule has 0 unspecified atom stereocenters. The number of fused-ring (bicyclic) bond motifs is 6. The van der Waals surface area contributed by atoms with Crippen LogP contribution in [0.5, 0.6) is 0 Å². The van der Waals surface area contributed by atoms with Crippen molar-refractivity contribution in [2.75, 3.05) is 0 Å². The average molecular weight is 759 g/mol. The summed E-state index contributed by atoms with van der Waals surface area (Å²) in [6.07, 6.45) is 5.73. The fourth-order valence-electron chi connectivity index (χ4n) is 9.92. The topological polar surface area (TPSA) is 9.86 Å². The Bertz CT molecular complexity index is 3180. The molecule has 0 N–H and O–H groups in total. The standard InChI is InChI=1S/C57H46N2/c1-3-39-13-7-8-16-49(39)48-32-31-47(35-38(48)2)59-55-20-12-10-18-51(55)53-37-45(28-34-57(53)59)44-27-33-56-52(36-44)50-17-9-11-19-54(50)58(56)46-29-25-43(26-30-46)42-23-21-41(22-24-42)40-14-5-4-6-15-40/h4-8,10,12-16,18,20-37H,3,9,11,17,19H2,1-2H3. The van der Waals surface area contributed by atoms with E-state index in [2.05, 4.69) is 205 Å². The molecule has 0 fully saturated rings. The molecular weight excluding hydrogens is 713 g/mol. The maximum Gasteiger partial charge on any atom is 0.0541 e. The Kier molecular flexibility index (Phi) is 8.66. The van der Waals surface area contributed by atoms with Gasteiger partial charge in [0.2, 0.25) is 0 Å². The van der Waals surface area contributed by atoms with Crippen LogP contribution in [-0.4, -0.2) is 9.13 Å². The first-order valence-corrected chi connectivity index (χ1v) is 21.3. The lowest BCUT2D eigenvalue weighted by Crippen LogP contribution is -2.06. The lowest BCUT2D eigenvalue weighted by Gasteiger charge is -2.16. The lowest BCUT2D eigenvalue weighted by molar-refractivity contribution is 0.667. The van der Waals surface area contributed by atoms with Crippen molar-refractivity contribution in [1.29, 1.82) is 0 Å². The van der Waals surface area contributed by atoms with E-state index in [1.54, 1.807) is 0 Å². The van der Waals surface area contributed by atoms with Gasteiger partial charge in [-0.2, -0.15) is 0 Å². The van der Waals surface area contributed by atoms with Gasteiger partial charge in [0.15, 0.2) is 0 Å². The molecular formula is C57H46N2. The predicted octanol–water partition coefficient (Wildman–Crippen LogP) is 15.1. The van der Waals surface area contributed by atoms with Gasteiger partial charge in [0, 0.05) is 33.2 Å². The number of hydrogen-bond donors (Lipinski definition) is 0. The SMILES string of the molecule is CCc1ccccc1-c1ccc(-n2c3ccccc3c3cc(-c4ccc5c(c4)c4c(n5-c5ccc(-c6ccc(-c7ccccc7)cc6)cc5)CCCC4)ccc32)cc1C. The van der Waals surface area contributed by atoms with Crippen LogP contribution < -0.4 is 0 Å². The van der Waals surface area contributed by atoms with Crippen LogP contribution in [0.1, 0.15) is 42.1 Å². The number of para-hydroxylation sites is 1. The lowest BCUT2D eigenvalue weighted by atomic mass is 9.94. The van der Waals surface area contributed by atoms with Crippen molar-refractivity contribution in [3.63, 3.8) is 0 Å². The second kappa shape index (κ2) is 14.5. The summed E-state index contributed by atoms with van der Waals surface area (Å²) in [7, 11) is 0. The summed E-state index contributed by atoms with van der Waals surface area (Å²) >= 11 is 0. The third-order valence-corrected chi connectivity index (χ3v) is 12.9. The van der Waals surface area contributed by atoms with Gasteiger partial charge in [0.25, 0.3) is 0 Å². The Balaban J connectivity index is 0.959. The molecule has 2 nitrogen and oxygen atoms in total. The minimum Gasteiger partial charge on any atom is -0.313 e. The van der Waals surface area contributed by atoms with Crippen molar-refractivity contribution < 1.29 is 0 Å². The Hall–Kier alpha value is -6.90. The average Bonchev–Trinajstić information content (AvgIpc) is 3.81. The minimum absolute atomic E-state index is 1.02. The van der Waals surface area contributed by atoms with Gasteiger partial charge >= 0.3 is 0 Å². The summed E-state index contributed by atoms with van der Waals surface area (Å²) in [5.74, 6) is 0. The highest BCUT2D eigenvalue weighted by Crippen LogP contribution is 2.40. The summed E-state index contributed by atoms with van der Waals surface area (Å²) in [6.45, 7) is 4.49. The van der Waals surface area contributed by atoms with Gasteiger partial charge in [-0.25, -0.2) is 0 Å². The fourth-order valence-corrected chi connectivity index (χ4v) is 9.92. The maximum absolute atomic E-state index is 2.54. The van der Waals surface area contributed by atoms with Crippen molar-refractivity contribution in [2.24, 2.45) is 0 Å². The van der Waals surface area contributed by atoms with Gasteiger partial charge in [0.05, 0.1) is 16.6 Å². The first kappa shape index (κ1) is 35.3. The van der Waals surface area contributed by atoms with E-state index in [1.807, 2.05) is 0 Å². The van der Waals surface area contributed by atoms with Crippen LogP contribution in [0, 0.1) is 6.92 Å². The molecule has 11 rings (SSSR count). The molecule has 0 atom stereocenters. The summed E-state index contributed by atoms with van der Waals surface area (Å²) < 4.78 is 4.99. The van der Waals surface area contributed by atoms with Gasteiger partial charge in [0.1, 0.15) is 0 Å². The van der Waals surface area contributed by atoms with Gasteiger partial charge in [-0.15, -0.1) is 0 Å². The molecule has 0 spiro atoms. The van der Waals surface area contributed by atoms with Gasteiger partial charge < -0.3 is 9.13 Å². The van der Waals surface area contributed by atoms with Gasteiger partial charge in [-0.05, 0) is 155 Å². The third kappa shape index (κ3) is 6.02. The van der Waals surface area contributed by atoms with Gasteiger partial charge in [-0.1, -0.05) is 134 Å². The van der Waals surface area contributed by atoms with E-state index in [0.29, 0.717) is 0 Å². The molecule has 2 heteroatoms. The molecule has 284 valence electrons. The molecule has 8 aromatic carbocycles. The van der Waals surface area contributed by atoms with Crippen molar-refractivity contribution in [1.82, 2.24) is 9.13 Å². The molecule has 0 saturated carbocycles. The van der Waals surface area contributed by atoms with Crippen LogP contribution in [0.3, 0.4) is 0 Å². The van der Waals surface area contributed by atoms with Crippen molar-refractivity contribution in [3.8, 4) is 55.9 Å². The molecule has 1 aliphatic rings. The molecule has 2 aromatic heterocycles. The number of aryl methyl sites for hydroxylation is 3. The predicted molar refractivity (Wildman–Crippen MR) is 250 cm³/mol. The smallest absolute Gasteiger partial charge is 0.0541 e. The first-order chi connectivity index (χ1) is 29.1. The number of aromatic nitrogens is 2. The molecule has 1 aliphatic carbocycles. The normalized spacial score (nSPS) is 12.7. The van der Waals surface area contributed by atoms with Gasteiger partial charge in [-0.3, -0.25) is 0 Å². The number of rotatable bonds is 7. The Morgan fingerprint density at radius 1 is 0.407 bits per heavy atom.